The second-order valence-corrected chi connectivity index (χ2v) is 10.3. The van der Waals surface area contributed by atoms with E-state index in [0.29, 0.717) is 24.3 Å². The first-order chi connectivity index (χ1) is 16.9. The smallest absolute Gasteiger partial charge is 0.209 e. The number of allylic oxidation sites excluding steroid dienone is 1. The highest BCUT2D eigenvalue weighted by molar-refractivity contribution is 6.25. The van der Waals surface area contributed by atoms with Crippen LogP contribution in [0.25, 0.3) is 0 Å². The Balaban J connectivity index is 1.96. The number of carbonyl (C=O) groups excluding carboxylic acids is 3. The highest BCUT2D eigenvalue weighted by Gasteiger charge is 2.63. The summed E-state index contributed by atoms with van der Waals surface area (Å²) in [5.41, 5.74) is -1.17. The lowest BCUT2D eigenvalue weighted by molar-refractivity contribution is -0.148. The fraction of sp³-hybridized carbons (Fsp3) is 0.519. The van der Waals surface area contributed by atoms with Crippen LogP contribution >= 0.6 is 0 Å². The van der Waals surface area contributed by atoms with E-state index in [2.05, 4.69) is 0 Å². The van der Waals surface area contributed by atoms with Crippen LogP contribution in [0.5, 0.6) is 5.75 Å². The third-order valence-corrected chi connectivity index (χ3v) is 7.61. The van der Waals surface area contributed by atoms with E-state index < -0.39 is 57.9 Å². The predicted octanol–water partition coefficient (Wildman–Crippen LogP) is 2.37. The molecule has 9 nitrogen and oxygen atoms in total. The lowest BCUT2D eigenvalue weighted by Gasteiger charge is -2.50. The van der Waals surface area contributed by atoms with Gasteiger partial charge in [-0.3, -0.25) is 19.3 Å². The van der Waals surface area contributed by atoms with Gasteiger partial charge in [0.05, 0.1) is 18.2 Å². The quantitative estimate of drug-likeness (QED) is 0.507. The van der Waals surface area contributed by atoms with E-state index in [-0.39, 0.29) is 12.0 Å². The molecule has 4 atom stereocenters. The second kappa shape index (κ2) is 9.05. The van der Waals surface area contributed by atoms with Crippen LogP contribution < -0.4 is 9.64 Å². The average Bonchev–Trinajstić information content (AvgIpc) is 2.79. The Hall–Kier alpha value is -3.17. The van der Waals surface area contributed by atoms with Crippen molar-refractivity contribution in [3.8, 4) is 5.75 Å². The Labute approximate surface area is 210 Å². The number of hydrogen-bond donors (Lipinski definition) is 3. The number of benzene rings is 1. The Bertz CT molecular complexity index is 1210. The van der Waals surface area contributed by atoms with Crippen LogP contribution in [0.2, 0.25) is 0 Å². The predicted molar refractivity (Wildman–Crippen MR) is 134 cm³/mol. The van der Waals surface area contributed by atoms with Gasteiger partial charge in [-0.05, 0) is 63.9 Å². The summed E-state index contributed by atoms with van der Waals surface area (Å²) in [6, 6.07) is 2.72. The van der Waals surface area contributed by atoms with Crippen molar-refractivity contribution in [1.29, 1.82) is 0 Å². The number of Topliss-reactive ketones (excluding diaryl/α,β-unsaturated/α-hetero) is 3. The molecule has 0 radical (unpaired) electrons. The van der Waals surface area contributed by atoms with Crippen LogP contribution in [-0.4, -0.2) is 84.0 Å². The third-order valence-electron chi connectivity index (χ3n) is 7.61. The number of aliphatic hydroxyl groups excluding tert-OH is 2. The monoisotopic (exact) mass is 498 g/mol. The number of likely N-dealkylation sites (N-methyl/N-ethyl adjacent to an activating group) is 1. The van der Waals surface area contributed by atoms with Crippen molar-refractivity contribution < 1.29 is 34.4 Å². The molecule has 1 aromatic rings. The summed E-state index contributed by atoms with van der Waals surface area (Å²) in [6.45, 7) is 3.48. The topological polar surface area (TPSA) is 128 Å². The van der Waals surface area contributed by atoms with Crippen LogP contribution in [0.15, 0.2) is 34.8 Å². The van der Waals surface area contributed by atoms with Gasteiger partial charge < -0.3 is 25.0 Å². The van der Waals surface area contributed by atoms with Crippen LogP contribution in [0.1, 0.15) is 42.6 Å². The second-order valence-electron chi connectivity index (χ2n) is 10.3. The standard InChI is InChI=1S/C27H34N2O7/c1-7-10-36-18-9-8-17(28(3)4)15-11-14-12-16-22(29(5)6)24(32)19(13(2)30)25(33)27(16,35)26(34)20(14)23(31)21(15)18/h8-9,14,16,22,32,34-35H,7,10-12H2,1-6H3. The molecule has 3 aliphatic carbocycles. The lowest BCUT2D eigenvalue weighted by Crippen LogP contribution is -2.63. The molecule has 3 N–H and O–H groups in total. The maximum absolute atomic E-state index is 14.0. The molecule has 0 saturated heterocycles. The molecule has 3 aliphatic rings. The van der Waals surface area contributed by atoms with Gasteiger partial charge in [0.25, 0.3) is 0 Å². The van der Waals surface area contributed by atoms with Crippen molar-refractivity contribution >= 4 is 23.0 Å². The fourth-order valence-corrected chi connectivity index (χ4v) is 6.07. The van der Waals surface area contributed by atoms with Gasteiger partial charge >= 0.3 is 0 Å². The molecule has 1 aromatic carbocycles. The highest BCUT2D eigenvalue weighted by Crippen LogP contribution is 2.53. The zero-order chi connectivity index (χ0) is 26.7. The number of carbonyl (C=O) groups is 3. The largest absolute Gasteiger partial charge is 0.510 e. The van der Waals surface area contributed by atoms with Crippen molar-refractivity contribution in [1.82, 2.24) is 4.90 Å². The van der Waals surface area contributed by atoms with Crippen molar-refractivity contribution in [2.75, 3.05) is 39.7 Å². The van der Waals surface area contributed by atoms with Crippen molar-refractivity contribution in [3.05, 3.63) is 45.9 Å². The first-order valence-electron chi connectivity index (χ1n) is 12.2. The SMILES string of the molecule is CCCOc1ccc(N(C)C)c2c1C(=O)C1=C(O)C3(O)C(=O)C(C(C)=O)=C(O)C(N(C)C)C3CC1C2. The molecule has 36 heavy (non-hydrogen) atoms. The Morgan fingerprint density at radius 3 is 2.39 bits per heavy atom. The third kappa shape index (κ3) is 3.56. The molecule has 0 saturated carbocycles. The lowest BCUT2D eigenvalue weighted by atomic mass is 9.58. The van der Waals surface area contributed by atoms with Gasteiger partial charge in [-0.1, -0.05) is 6.92 Å². The Morgan fingerprint density at radius 2 is 1.83 bits per heavy atom. The van der Waals surface area contributed by atoms with Crippen molar-refractivity contribution in [3.63, 3.8) is 0 Å². The van der Waals surface area contributed by atoms with Crippen LogP contribution in [0.4, 0.5) is 5.69 Å². The average molecular weight is 499 g/mol. The molecule has 0 heterocycles. The number of nitrogens with zero attached hydrogens (tertiary/aromatic N) is 2. The number of aliphatic hydroxyl groups is 3. The van der Waals surface area contributed by atoms with E-state index in [4.69, 9.17) is 4.74 Å². The molecular weight excluding hydrogens is 464 g/mol. The molecule has 0 amide bonds. The minimum atomic E-state index is -2.51. The molecule has 0 aliphatic heterocycles. The van der Waals surface area contributed by atoms with Crippen molar-refractivity contribution in [2.24, 2.45) is 11.8 Å². The van der Waals surface area contributed by atoms with Crippen LogP contribution in [0.3, 0.4) is 0 Å². The first-order valence-corrected chi connectivity index (χ1v) is 12.2. The van der Waals surface area contributed by atoms with Gasteiger partial charge in [0.15, 0.2) is 17.2 Å². The summed E-state index contributed by atoms with van der Waals surface area (Å²) < 4.78 is 5.87. The summed E-state index contributed by atoms with van der Waals surface area (Å²) in [6.07, 6.45) is 1.26. The van der Waals surface area contributed by atoms with Crippen molar-refractivity contribution in [2.45, 2.75) is 44.8 Å². The van der Waals surface area contributed by atoms with E-state index >= 15 is 0 Å². The van der Waals surface area contributed by atoms with Crippen LogP contribution in [-0.2, 0) is 16.0 Å². The fourth-order valence-electron chi connectivity index (χ4n) is 6.07. The molecule has 0 fully saturated rings. The zero-order valence-electron chi connectivity index (χ0n) is 21.6. The molecule has 0 bridgehead atoms. The number of anilines is 1. The van der Waals surface area contributed by atoms with Gasteiger partial charge in [0, 0.05) is 31.3 Å². The van der Waals surface area contributed by atoms with Gasteiger partial charge in [0.1, 0.15) is 22.8 Å². The summed E-state index contributed by atoms with van der Waals surface area (Å²) in [5.74, 6) is -4.54. The highest BCUT2D eigenvalue weighted by atomic mass is 16.5. The van der Waals surface area contributed by atoms with E-state index in [1.807, 2.05) is 32.0 Å². The molecule has 0 spiro atoms. The van der Waals surface area contributed by atoms with Crippen LogP contribution in [0, 0.1) is 11.8 Å². The van der Waals surface area contributed by atoms with E-state index in [1.54, 1.807) is 25.1 Å². The molecule has 9 heteroatoms. The first kappa shape index (κ1) is 25.9. The maximum atomic E-state index is 14.0. The number of ether oxygens (including phenoxy) is 1. The molecule has 4 unspecified atom stereocenters. The molecule has 4 rings (SSSR count). The number of rotatable bonds is 6. The maximum Gasteiger partial charge on any atom is 0.209 e. The van der Waals surface area contributed by atoms with Gasteiger partial charge in [-0.15, -0.1) is 0 Å². The van der Waals surface area contributed by atoms with Gasteiger partial charge in [0.2, 0.25) is 5.78 Å². The summed E-state index contributed by atoms with van der Waals surface area (Å²) in [4.78, 5) is 43.2. The number of fused-ring (bicyclic) bond motifs is 3. The summed E-state index contributed by atoms with van der Waals surface area (Å²) in [7, 11) is 7.08. The van der Waals surface area contributed by atoms with E-state index in [0.717, 1.165) is 24.6 Å². The number of ketones is 3. The molecular formula is C27H34N2O7. The van der Waals surface area contributed by atoms with Gasteiger partial charge in [-0.2, -0.15) is 0 Å². The number of hydrogen-bond acceptors (Lipinski definition) is 9. The summed E-state index contributed by atoms with van der Waals surface area (Å²) in [5, 5.41) is 34.1. The summed E-state index contributed by atoms with van der Waals surface area (Å²) >= 11 is 0. The Morgan fingerprint density at radius 1 is 1.17 bits per heavy atom. The minimum Gasteiger partial charge on any atom is -0.510 e. The molecule has 194 valence electrons. The Kier molecular flexibility index (Phi) is 6.51. The van der Waals surface area contributed by atoms with Gasteiger partial charge in [-0.25, -0.2) is 0 Å². The minimum absolute atomic E-state index is 0.0337. The molecule has 0 aromatic heterocycles. The van der Waals surface area contributed by atoms with E-state index in [9.17, 15) is 29.7 Å². The van der Waals surface area contributed by atoms with E-state index in [1.165, 1.54) is 0 Å². The zero-order valence-corrected chi connectivity index (χ0v) is 21.6. The normalized spacial score (nSPS) is 27.6.